The summed E-state index contributed by atoms with van der Waals surface area (Å²) in [5.41, 5.74) is -5.35. The summed E-state index contributed by atoms with van der Waals surface area (Å²) in [6.07, 6.45) is 1.33. The Kier molecular flexibility index (Phi) is 3.62. The van der Waals surface area contributed by atoms with Crippen LogP contribution < -0.4 is 0 Å². The Balaban J connectivity index is 1.90. The van der Waals surface area contributed by atoms with Gasteiger partial charge in [0.2, 0.25) is 5.82 Å². The second-order valence-electron chi connectivity index (χ2n) is 4.50. The van der Waals surface area contributed by atoms with Gasteiger partial charge in [-0.15, -0.1) is 5.10 Å². The van der Waals surface area contributed by atoms with E-state index in [4.69, 9.17) is 5.26 Å². The van der Waals surface area contributed by atoms with Crippen LogP contribution in [0.3, 0.4) is 0 Å². The van der Waals surface area contributed by atoms with E-state index in [1.165, 1.54) is 10.9 Å². The molecular formula is C10H7F3N6O2S2. The van der Waals surface area contributed by atoms with Crippen LogP contribution in [-0.2, 0) is 23.1 Å². The van der Waals surface area contributed by atoms with Gasteiger partial charge in [-0.25, -0.2) is 23.1 Å². The number of alkyl halides is 3. The first-order chi connectivity index (χ1) is 10.7. The number of aromatic nitrogens is 4. The lowest BCUT2D eigenvalue weighted by Crippen LogP contribution is -2.44. The molecule has 0 aliphatic carbocycles. The van der Waals surface area contributed by atoms with Crippen LogP contribution in [0, 0.1) is 11.3 Å². The van der Waals surface area contributed by atoms with Crippen LogP contribution in [0.25, 0.3) is 10.8 Å². The van der Waals surface area contributed by atoms with Crippen LogP contribution in [-0.4, -0.2) is 44.5 Å². The molecular weight excluding hydrogens is 357 g/mol. The molecule has 0 saturated carbocycles. The molecule has 0 bridgehead atoms. The number of nitrogens with zero attached hydrogens (tertiary/aromatic N) is 6. The summed E-state index contributed by atoms with van der Waals surface area (Å²) >= 11 is 1.04. The van der Waals surface area contributed by atoms with Crippen molar-refractivity contribution in [2.24, 2.45) is 0 Å². The van der Waals surface area contributed by atoms with Gasteiger partial charge in [-0.2, -0.15) is 22.7 Å². The fourth-order valence-corrected chi connectivity index (χ4v) is 3.53. The van der Waals surface area contributed by atoms with Gasteiger partial charge in [-0.1, -0.05) is 11.3 Å². The van der Waals surface area contributed by atoms with E-state index in [1.54, 1.807) is 0 Å². The molecule has 13 heteroatoms. The molecule has 0 N–H and O–H groups in total. The van der Waals surface area contributed by atoms with Crippen LogP contribution in [0.4, 0.5) is 13.2 Å². The highest BCUT2D eigenvalue weighted by Crippen LogP contribution is 2.30. The maximum Gasteiger partial charge on any atom is 0.511 e. The number of sulfonamides is 1. The molecule has 1 aliphatic heterocycles. The number of nitriles is 1. The topological polar surface area (TPSA) is 105 Å². The lowest BCUT2D eigenvalue weighted by molar-refractivity contribution is -0.0496. The molecule has 1 aliphatic rings. The van der Waals surface area contributed by atoms with E-state index in [9.17, 15) is 21.6 Å². The van der Waals surface area contributed by atoms with Gasteiger partial charge in [-0.3, -0.25) is 0 Å². The third-order valence-corrected chi connectivity index (χ3v) is 5.54. The number of halogens is 3. The summed E-state index contributed by atoms with van der Waals surface area (Å²) < 4.78 is 62.3. The Labute approximate surface area is 131 Å². The quantitative estimate of drug-likeness (QED) is 0.785. The van der Waals surface area contributed by atoms with Crippen molar-refractivity contribution in [2.45, 2.75) is 18.6 Å². The number of fused-ring (bicyclic) bond motifs is 1. The molecule has 0 saturated heterocycles. The van der Waals surface area contributed by atoms with Gasteiger partial charge in [0.15, 0.2) is 5.01 Å². The molecule has 0 unspecified atom stereocenters. The van der Waals surface area contributed by atoms with Crippen LogP contribution in [0.2, 0.25) is 0 Å². The zero-order valence-electron chi connectivity index (χ0n) is 11.1. The van der Waals surface area contributed by atoms with Crippen molar-refractivity contribution in [2.75, 3.05) is 6.54 Å². The van der Waals surface area contributed by atoms with Crippen LogP contribution in [0.15, 0.2) is 6.20 Å². The third-order valence-electron chi connectivity index (χ3n) is 3.07. The second-order valence-corrected chi connectivity index (χ2v) is 7.46. The SMILES string of the molecule is N#Cc1cnc(-c2nc3n(n2)CCN(S(=O)(=O)C(F)(F)F)C3)s1. The molecule has 3 heterocycles. The predicted molar refractivity (Wildman–Crippen MR) is 71.2 cm³/mol. The van der Waals surface area contributed by atoms with Gasteiger partial charge in [0.1, 0.15) is 16.8 Å². The highest BCUT2D eigenvalue weighted by atomic mass is 32.2. The maximum atomic E-state index is 12.6. The minimum Gasteiger partial charge on any atom is -0.247 e. The Morgan fingerprint density at radius 2 is 2.09 bits per heavy atom. The minimum absolute atomic E-state index is 0.0475. The average Bonchev–Trinajstić information content (AvgIpc) is 3.11. The molecule has 2 aromatic rings. The molecule has 0 amide bonds. The van der Waals surface area contributed by atoms with Crippen molar-refractivity contribution in [1.82, 2.24) is 24.1 Å². The largest absolute Gasteiger partial charge is 0.511 e. The molecule has 0 spiro atoms. The van der Waals surface area contributed by atoms with E-state index in [2.05, 4.69) is 15.1 Å². The minimum atomic E-state index is -5.40. The maximum absolute atomic E-state index is 12.6. The lowest BCUT2D eigenvalue weighted by Gasteiger charge is -2.26. The summed E-state index contributed by atoms with van der Waals surface area (Å²) in [5, 5.41) is 13.2. The highest BCUT2D eigenvalue weighted by molar-refractivity contribution is 7.89. The highest BCUT2D eigenvalue weighted by Gasteiger charge is 2.50. The molecule has 0 atom stereocenters. The fourth-order valence-electron chi connectivity index (χ4n) is 1.98. The molecule has 0 aromatic carbocycles. The molecule has 8 nitrogen and oxygen atoms in total. The predicted octanol–water partition coefficient (Wildman–Crippen LogP) is 0.938. The van der Waals surface area contributed by atoms with Gasteiger partial charge >= 0.3 is 15.5 Å². The van der Waals surface area contributed by atoms with Crippen LogP contribution in [0.1, 0.15) is 10.7 Å². The Morgan fingerprint density at radius 1 is 1.35 bits per heavy atom. The summed E-state index contributed by atoms with van der Waals surface area (Å²) in [5.74, 6) is 0.241. The summed E-state index contributed by atoms with van der Waals surface area (Å²) in [6.45, 7) is -0.918. The van der Waals surface area contributed by atoms with Crippen LogP contribution >= 0.6 is 11.3 Å². The first-order valence-electron chi connectivity index (χ1n) is 6.09. The number of rotatable bonds is 2. The van der Waals surface area contributed by atoms with Crippen molar-refractivity contribution >= 4 is 21.4 Å². The number of hydrogen-bond donors (Lipinski definition) is 0. The summed E-state index contributed by atoms with van der Waals surface area (Å²) in [7, 11) is -5.40. The van der Waals surface area contributed by atoms with Crippen molar-refractivity contribution in [3.63, 3.8) is 0 Å². The van der Waals surface area contributed by atoms with Gasteiger partial charge < -0.3 is 0 Å². The molecule has 0 fully saturated rings. The average molecular weight is 364 g/mol. The van der Waals surface area contributed by atoms with Crippen molar-refractivity contribution < 1.29 is 21.6 Å². The summed E-state index contributed by atoms with van der Waals surface area (Å²) in [6, 6.07) is 1.90. The van der Waals surface area contributed by atoms with Gasteiger partial charge in [0.05, 0.1) is 19.3 Å². The molecule has 0 radical (unpaired) electrons. The Bertz CT molecular complexity index is 895. The fraction of sp³-hybridized carbons (Fsp3) is 0.400. The normalized spacial score (nSPS) is 16.1. The van der Waals surface area contributed by atoms with E-state index in [0.717, 1.165) is 11.3 Å². The van der Waals surface area contributed by atoms with E-state index < -0.39 is 22.1 Å². The molecule has 2 aromatic heterocycles. The second kappa shape index (κ2) is 5.25. The van der Waals surface area contributed by atoms with Gasteiger partial charge in [0.25, 0.3) is 0 Å². The lowest BCUT2D eigenvalue weighted by atomic mass is 10.4. The number of hydrogen-bond acceptors (Lipinski definition) is 7. The molecule has 122 valence electrons. The van der Waals surface area contributed by atoms with E-state index in [1.807, 2.05) is 6.07 Å². The Hall–Kier alpha value is -2.04. The van der Waals surface area contributed by atoms with Crippen molar-refractivity contribution in [3.8, 4) is 16.9 Å². The molecule has 3 rings (SSSR count). The Morgan fingerprint density at radius 3 is 2.70 bits per heavy atom. The van der Waals surface area contributed by atoms with E-state index >= 15 is 0 Å². The van der Waals surface area contributed by atoms with Crippen LogP contribution in [0.5, 0.6) is 0 Å². The monoisotopic (exact) mass is 364 g/mol. The smallest absolute Gasteiger partial charge is 0.247 e. The first kappa shape index (κ1) is 15.8. The molecule has 23 heavy (non-hydrogen) atoms. The van der Waals surface area contributed by atoms with E-state index in [0.29, 0.717) is 14.2 Å². The van der Waals surface area contributed by atoms with Crippen molar-refractivity contribution in [1.29, 1.82) is 5.26 Å². The van der Waals surface area contributed by atoms with Gasteiger partial charge in [-0.05, 0) is 0 Å². The first-order valence-corrected chi connectivity index (χ1v) is 8.34. The van der Waals surface area contributed by atoms with E-state index in [-0.39, 0.29) is 24.7 Å². The van der Waals surface area contributed by atoms with Crippen molar-refractivity contribution in [3.05, 3.63) is 16.9 Å². The zero-order valence-corrected chi connectivity index (χ0v) is 12.8. The number of thiazole rings is 1. The standard InChI is InChI=1S/C10H7F3N6O2S2/c11-10(12,13)23(20,21)18-1-2-19-7(5-18)16-8(17-19)9-15-4-6(3-14)22-9/h4H,1-2,5H2. The zero-order chi connectivity index (χ0) is 16.8. The van der Waals surface area contributed by atoms with Gasteiger partial charge in [0, 0.05) is 6.54 Å². The summed E-state index contributed by atoms with van der Waals surface area (Å²) in [4.78, 5) is 8.33. The third kappa shape index (κ3) is 2.69.